The lowest BCUT2D eigenvalue weighted by molar-refractivity contribution is -0.871. The minimum Gasteiger partial charge on any atom is -1.00 e. The van der Waals surface area contributed by atoms with Crippen molar-refractivity contribution in [3.8, 4) is 0 Å². The van der Waals surface area contributed by atoms with E-state index in [1.807, 2.05) is 21.1 Å². The van der Waals surface area contributed by atoms with E-state index in [1.165, 1.54) is 7.11 Å². The van der Waals surface area contributed by atoms with Gasteiger partial charge in [0.05, 0.1) is 47.3 Å². The number of carboxylic acid groups (broad SMARTS) is 1. The Morgan fingerprint density at radius 2 is 1.88 bits per heavy atom. The normalized spacial score (nSPS) is 12.2. The van der Waals surface area contributed by atoms with Crippen LogP contribution in [0.25, 0.3) is 0 Å². The monoisotopic (exact) mass is 254 g/mol. The number of carbonyl (C=O) groups is 2. The first-order chi connectivity index (χ1) is 6.74. The highest BCUT2D eigenvalue weighted by Crippen LogP contribution is 2.00. The molecule has 0 aliphatic carbocycles. The first-order valence-electron chi connectivity index (χ1n) is 4.61. The van der Waals surface area contributed by atoms with Crippen molar-refractivity contribution in [2.45, 2.75) is 12.5 Å². The van der Waals surface area contributed by atoms with Gasteiger partial charge in [0, 0.05) is 0 Å². The van der Waals surface area contributed by atoms with Gasteiger partial charge >= 0.3 is 12.1 Å². The molecule has 16 heavy (non-hydrogen) atoms. The second-order valence-electron chi connectivity index (χ2n) is 4.40. The summed E-state index contributed by atoms with van der Waals surface area (Å²) >= 11 is 0. The molecule has 0 aliphatic heterocycles. The van der Waals surface area contributed by atoms with Gasteiger partial charge in [0.2, 0.25) is 0 Å². The van der Waals surface area contributed by atoms with Gasteiger partial charge in [-0.15, -0.1) is 0 Å². The van der Waals surface area contributed by atoms with Crippen LogP contribution in [0.5, 0.6) is 0 Å². The summed E-state index contributed by atoms with van der Waals surface area (Å²) in [5, 5.41) is 11.2. The SMILES string of the molecule is COC(=O)NC(CC(=O)O)C[N+](C)(C)C.[Cl-]. The number of rotatable bonds is 5. The maximum Gasteiger partial charge on any atom is 0.407 e. The summed E-state index contributed by atoms with van der Waals surface area (Å²) in [6.07, 6.45) is -0.709. The van der Waals surface area contributed by atoms with E-state index in [1.54, 1.807) is 0 Å². The van der Waals surface area contributed by atoms with Crippen LogP contribution in [0.1, 0.15) is 6.42 Å². The molecule has 0 aliphatic rings. The zero-order valence-electron chi connectivity index (χ0n) is 9.99. The Bertz CT molecular complexity index is 240. The number of nitrogens with one attached hydrogen (secondary N) is 1. The zero-order chi connectivity index (χ0) is 12.1. The second kappa shape index (κ2) is 7.29. The van der Waals surface area contributed by atoms with Gasteiger partial charge in [-0.05, 0) is 0 Å². The molecule has 1 amide bonds. The van der Waals surface area contributed by atoms with E-state index in [4.69, 9.17) is 5.11 Å². The predicted molar refractivity (Wildman–Crippen MR) is 54.5 cm³/mol. The Morgan fingerprint density at radius 3 is 2.19 bits per heavy atom. The predicted octanol–water partition coefficient (Wildman–Crippen LogP) is -3.10. The molecule has 0 saturated carbocycles. The van der Waals surface area contributed by atoms with Crippen LogP contribution < -0.4 is 17.7 Å². The number of hydrogen-bond donors (Lipinski definition) is 2. The van der Waals surface area contributed by atoms with Crippen LogP contribution in [0.2, 0.25) is 0 Å². The van der Waals surface area contributed by atoms with Gasteiger partial charge < -0.3 is 32.1 Å². The molecule has 0 radical (unpaired) electrons. The average Bonchev–Trinajstić information content (AvgIpc) is 1.99. The fourth-order valence-electron chi connectivity index (χ4n) is 1.26. The topological polar surface area (TPSA) is 75.6 Å². The molecular formula is C9H19ClN2O4. The van der Waals surface area contributed by atoms with E-state index in [-0.39, 0.29) is 18.8 Å². The zero-order valence-corrected chi connectivity index (χ0v) is 10.7. The van der Waals surface area contributed by atoms with Crippen molar-refractivity contribution >= 4 is 12.1 Å². The molecular weight excluding hydrogens is 236 g/mol. The largest absolute Gasteiger partial charge is 1.00 e. The number of nitrogens with zero attached hydrogens (tertiary/aromatic N) is 1. The first-order valence-corrected chi connectivity index (χ1v) is 4.61. The highest BCUT2D eigenvalue weighted by atomic mass is 35.5. The Kier molecular flexibility index (Phi) is 7.93. The summed E-state index contributed by atoms with van der Waals surface area (Å²) in [7, 11) is 7.02. The van der Waals surface area contributed by atoms with Crippen LogP contribution in [-0.4, -0.2) is 62.5 Å². The third-order valence-electron chi connectivity index (χ3n) is 1.70. The Labute approximate surface area is 102 Å². The molecule has 0 aromatic carbocycles. The summed E-state index contributed by atoms with van der Waals surface area (Å²) in [4.78, 5) is 21.5. The number of carbonyl (C=O) groups excluding carboxylic acids is 1. The van der Waals surface area contributed by atoms with E-state index in [9.17, 15) is 9.59 Å². The summed E-state index contributed by atoms with van der Waals surface area (Å²) in [5.41, 5.74) is 0. The molecule has 0 aromatic heterocycles. The highest BCUT2D eigenvalue weighted by Gasteiger charge is 2.22. The van der Waals surface area contributed by atoms with Gasteiger partial charge in [0.25, 0.3) is 0 Å². The summed E-state index contributed by atoms with van der Waals surface area (Å²) in [6, 6.07) is -0.421. The molecule has 0 bridgehead atoms. The van der Waals surface area contributed by atoms with Crippen LogP contribution >= 0.6 is 0 Å². The smallest absolute Gasteiger partial charge is 0.407 e. The number of quaternary nitrogens is 1. The lowest BCUT2D eigenvalue weighted by Crippen LogP contribution is -3.00. The summed E-state index contributed by atoms with van der Waals surface area (Å²) < 4.78 is 5.00. The van der Waals surface area contributed by atoms with E-state index in [0.717, 1.165) is 0 Å². The number of likely N-dealkylation sites (N-methyl/N-ethyl adjacent to an activating group) is 1. The number of carboxylic acids is 1. The number of amides is 1. The number of hydrogen-bond acceptors (Lipinski definition) is 3. The number of aliphatic carboxylic acids is 1. The van der Waals surface area contributed by atoms with E-state index < -0.39 is 18.1 Å². The van der Waals surface area contributed by atoms with Crippen molar-refractivity contribution in [3.05, 3.63) is 0 Å². The molecule has 0 saturated heterocycles. The van der Waals surface area contributed by atoms with E-state index in [2.05, 4.69) is 10.1 Å². The number of halogens is 1. The third-order valence-corrected chi connectivity index (χ3v) is 1.70. The molecule has 0 fully saturated rings. The van der Waals surface area contributed by atoms with Crippen LogP contribution in [0.4, 0.5) is 4.79 Å². The Morgan fingerprint density at radius 1 is 1.38 bits per heavy atom. The van der Waals surface area contributed by atoms with Crippen LogP contribution in [0.15, 0.2) is 0 Å². The number of ether oxygens (including phenoxy) is 1. The fourth-order valence-corrected chi connectivity index (χ4v) is 1.26. The van der Waals surface area contributed by atoms with Crippen molar-refractivity contribution in [1.29, 1.82) is 0 Å². The van der Waals surface area contributed by atoms with Crippen molar-refractivity contribution in [1.82, 2.24) is 5.32 Å². The molecule has 1 atom stereocenters. The van der Waals surface area contributed by atoms with E-state index >= 15 is 0 Å². The number of methoxy groups -OCH3 is 1. The third kappa shape index (κ3) is 9.54. The summed E-state index contributed by atoms with van der Waals surface area (Å²) in [5.74, 6) is -0.940. The maximum atomic E-state index is 11.0. The molecule has 2 N–H and O–H groups in total. The molecule has 96 valence electrons. The molecule has 0 aromatic rings. The Hall–Kier alpha value is -1.01. The highest BCUT2D eigenvalue weighted by molar-refractivity contribution is 5.71. The van der Waals surface area contributed by atoms with Crippen molar-refractivity contribution < 1.29 is 36.3 Å². The van der Waals surface area contributed by atoms with Gasteiger partial charge in [-0.1, -0.05) is 0 Å². The summed E-state index contributed by atoms with van der Waals surface area (Å²) in [6.45, 7) is 0.529. The Balaban J connectivity index is 0. The minimum atomic E-state index is -0.940. The molecule has 0 rings (SSSR count). The van der Waals surface area contributed by atoms with Crippen molar-refractivity contribution in [2.75, 3.05) is 34.8 Å². The van der Waals surface area contributed by atoms with Crippen LogP contribution in [0.3, 0.4) is 0 Å². The lowest BCUT2D eigenvalue weighted by atomic mass is 10.2. The van der Waals surface area contributed by atoms with Gasteiger partial charge in [-0.25, -0.2) is 4.79 Å². The van der Waals surface area contributed by atoms with Gasteiger partial charge in [0.1, 0.15) is 0 Å². The second-order valence-corrected chi connectivity index (χ2v) is 4.40. The molecule has 7 heteroatoms. The maximum absolute atomic E-state index is 11.0. The minimum absolute atomic E-state index is 0. The van der Waals surface area contributed by atoms with Gasteiger partial charge in [0.15, 0.2) is 0 Å². The van der Waals surface area contributed by atoms with Gasteiger partial charge in [-0.3, -0.25) is 4.79 Å². The molecule has 0 heterocycles. The van der Waals surface area contributed by atoms with Gasteiger partial charge in [-0.2, -0.15) is 0 Å². The van der Waals surface area contributed by atoms with Crippen molar-refractivity contribution in [3.63, 3.8) is 0 Å². The standard InChI is InChI=1S/C9H18N2O4.ClH/c1-11(2,3)6-7(5-8(12)13)10-9(14)15-4;/h7H,5-6H2,1-4H3,(H-,10,12,13,14);1H. The van der Waals surface area contributed by atoms with Crippen LogP contribution in [-0.2, 0) is 9.53 Å². The van der Waals surface area contributed by atoms with Crippen molar-refractivity contribution in [2.24, 2.45) is 0 Å². The lowest BCUT2D eigenvalue weighted by Gasteiger charge is -2.28. The van der Waals surface area contributed by atoms with E-state index in [0.29, 0.717) is 11.0 Å². The number of alkyl carbamates (subject to hydrolysis) is 1. The average molecular weight is 255 g/mol. The first kappa shape index (κ1) is 17.4. The van der Waals surface area contributed by atoms with Crippen LogP contribution in [0, 0.1) is 0 Å². The fraction of sp³-hybridized carbons (Fsp3) is 0.778. The quantitative estimate of drug-likeness (QED) is 0.510. The molecule has 1 unspecified atom stereocenters. The molecule has 6 nitrogen and oxygen atoms in total. The molecule has 0 spiro atoms.